The number of nitrogens with one attached hydrogen (secondary N) is 2. The van der Waals surface area contributed by atoms with Gasteiger partial charge in [-0.25, -0.2) is 13.1 Å². The SMILES string of the molecule is CC(C)CCN1C(=O)C(C2=NS(=O)(=O)c3c(CNS(C)(=O)=O)csc3N2)=C(O)C2CCCC21. The fourth-order valence-electron chi connectivity index (χ4n) is 4.60. The molecule has 1 amide bonds. The number of carbonyl (C=O) groups is 1. The average molecular weight is 517 g/mol. The highest BCUT2D eigenvalue weighted by molar-refractivity contribution is 7.91. The maximum Gasteiger partial charge on any atom is 0.287 e. The highest BCUT2D eigenvalue weighted by atomic mass is 32.2. The summed E-state index contributed by atoms with van der Waals surface area (Å²) in [5.41, 5.74) is 0.165. The summed E-state index contributed by atoms with van der Waals surface area (Å²) in [6.45, 7) is 4.47. The van der Waals surface area contributed by atoms with Crippen molar-refractivity contribution in [2.45, 2.75) is 57.0 Å². The highest BCUT2D eigenvalue weighted by Crippen LogP contribution is 2.42. The van der Waals surface area contributed by atoms with E-state index in [1.807, 2.05) is 0 Å². The summed E-state index contributed by atoms with van der Waals surface area (Å²) < 4.78 is 55.1. The third-order valence-electron chi connectivity index (χ3n) is 6.19. The van der Waals surface area contributed by atoms with Crippen LogP contribution in [0.25, 0.3) is 0 Å². The molecule has 182 valence electrons. The summed E-state index contributed by atoms with van der Waals surface area (Å²) >= 11 is 1.07. The van der Waals surface area contributed by atoms with Crippen LogP contribution in [0.1, 0.15) is 45.1 Å². The van der Waals surface area contributed by atoms with Gasteiger partial charge < -0.3 is 15.3 Å². The van der Waals surface area contributed by atoms with Crippen molar-refractivity contribution in [2.24, 2.45) is 16.2 Å². The molecule has 13 heteroatoms. The van der Waals surface area contributed by atoms with Crippen LogP contribution >= 0.6 is 11.3 Å². The Morgan fingerprint density at radius 1 is 1.36 bits per heavy atom. The van der Waals surface area contributed by atoms with Crippen molar-refractivity contribution in [1.29, 1.82) is 0 Å². The van der Waals surface area contributed by atoms with Crippen LogP contribution in [0.2, 0.25) is 0 Å². The lowest BCUT2D eigenvalue weighted by molar-refractivity contribution is -0.131. The second-order valence-electron chi connectivity index (χ2n) is 9.10. The molecule has 4 rings (SSSR count). The number of thiophene rings is 1. The van der Waals surface area contributed by atoms with Gasteiger partial charge >= 0.3 is 0 Å². The molecule has 1 aliphatic carbocycles. The lowest BCUT2D eigenvalue weighted by atomic mass is 9.89. The van der Waals surface area contributed by atoms with Crippen LogP contribution in [0.5, 0.6) is 0 Å². The molecule has 0 saturated heterocycles. The molecule has 2 unspecified atom stereocenters. The highest BCUT2D eigenvalue weighted by Gasteiger charge is 2.46. The molecule has 3 heterocycles. The van der Waals surface area contributed by atoms with Crippen molar-refractivity contribution in [3.05, 3.63) is 22.3 Å². The topological polar surface area (TPSA) is 145 Å². The van der Waals surface area contributed by atoms with Crippen LogP contribution in [0, 0.1) is 11.8 Å². The van der Waals surface area contributed by atoms with Crippen LogP contribution in [0.4, 0.5) is 5.00 Å². The van der Waals surface area contributed by atoms with Crippen LogP contribution in [0.15, 0.2) is 26.0 Å². The first-order valence-electron chi connectivity index (χ1n) is 10.8. The van der Waals surface area contributed by atoms with E-state index >= 15 is 0 Å². The first-order valence-corrected chi connectivity index (χ1v) is 15.0. The number of nitrogens with zero attached hydrogens (tertiary/aromatic N) is 2. The van der Waals surface area contributed by atoms with E-state index in [0.717, 1.165) is 43.3 Å². The van der Waals surface area contributed by atoms with Crippen LogP contribution in [-0.4, -0.2) is 57.4 Å². The van der Waals surface area contributed by atoms with Gasteiger partial charge in [0.1, 0.15) is 21.2 Å². The molecule has 1 fully saturated rings. The number of amidine groups is 1. The normalized spacial score (nSPS) is 24.5. The molecule has 1 saturated carbocycles. The molecular weight excluding hydrogens is 488 g/mol. The van der Waals surface area contributed by atoms with Gasteiger partial charge in [-0.05, 0) is 30.6 Å². The second kappa shape index (κ2) is 8.67. The van der Waals surface area contributed by atoms with Gasteiger partial charge in [0, 0.05) is 30.6 Å². The van der Waals surface area contributed by atoms with E-state index in [4.69, 9.17) is 0 Å². The summed E-state index contributed by atoms with van der Waals surface area (Å²) in [4.78, 5) is 15.1. The fourth-order valence-corrected chi connectivity index (χ4v) is 7.62. The summed E-state index contributed by atoms with van der Waals surface area (Å²) in [6.07, 6.45) is 4.18. The number of rotatable bonds is 7. The molecular formula is C20H28N4O6S3. The minimum Gasteiger partial charge on any atom is -0.511 e. The van der Waals surface area contributed by atoms with Crippen LogP contribution in [0.3, 0.4) is 0 Å². The van der Waals surface area contributed by atoms with Gasteiger partial charge in [0.25, 0.3) is 15.9 Å². The molecule has 3 N–H and O–H groups in total. The second-order valence-corrected chi connectivity index (χ2v) is 13.4. The molecule has 0 bridgehead atoms. The monoisotopic (exact) mass is 516 g/mol. The Kier molecular flexibility index (Phi) is 6.35. The smallest absolute Gasteiger partial charge is 0.287 e. The van der Waals surface area contributed by atoms with Gasteiger partial charge in [-0.1, -0.05) is 20.3 Å². The number of hydrogen-bond acceptors (Lipinski definition) is 8. The lowest BCUT2D eigenvalue weighted by Crippen LogP contribution is -2.50. The molecule has 1 aromatic rings. The van der Waals surface area contributed by atoms with E-state index in [0.29, 0.717) is 12.5 Å². The third kappa shape index (κ3) is 4.68. The van der Waals surface area contributed by atoms with E-state index in [1.54, 1.807) is 4.90 Å². The molecule has 1 aromatic heterocycles. The first-order chi connectivity index (χ1) is 15.4. The Balaban J connectivity index is 1.70. The van der Waals surface area contributed by atoms with Gasteiger partial charge in [0.2, 0.25) is 10.0 Å². The van der Waals surface area contributed by atoms with Gasteiger partial charge in [-0.2, -0.15) is 8.42 Å². The number of fused-ring (bicyclic) bond motifs is 2. The number of amides is 1. The Hall–Kier alpha value is -1.96. The molecule has 33 heavy (non-hydrogen) atoms. The van der Waals surface area contributed by atoms with Gasteiger partial charge in [0.15, 0.2) is 5.84 Å². The first kappa shape index (κ1) is 24.2. The molecule has 10 nitrogen and oxygen atoms in total. The number of carbonyl (C=O) groups excluding carboxylic acids is 1. The van der Waals surface area contributed by atoms with Gasteiger partial charge in [0.05, 0.1) is 6.26 Å². The maximum absolute atomic E-state index is 13.5. The Morgan fingerprint density at radius 3 is 2.76 bits per heavy atom. The summed E-state index contributed by atoms with van der Waals surface area (Å²) in [7, 11) is -7.74. The number of sulfonamides is 2. The summed E-state index contributed by atoms with van der Waals surface area (Å²) in [5.74, 6) is -0.565. The number of aliphatic hydroxyl groups is 1. The fraction of sp³-hybridized carbons (Fsp3) is 0.600. The molecule has 2 atom stereocenters. The predicted octanol–water partition coefficient (Wildman–Crippen LogP) is 2.18. The van der Waals surface area contributed by atoms with Crippen molar-refractivity contribution in [3.8, 4) is 0 Å². The van der Waals surface area contributed by atoms with E-state index in [9.17, 15) is 26.7 Å². The Labute approximate surface area is 197 Å². The van der Waals surface area contributed by atoms with E-state index < -0.39 is 26.0 Å². The van der Waals surface area contributed by atoms with Gasteiger partial charge in [-0.3, -0.25) is 4.79 Å². The molecule has 0 radical (unpaired) electrons. The summed E-state index contributed by atoms with van der Waals surface area (Å²) in [5, 5.41) is 15.7. The Bertz CT molecular complexity index is 1250. The number of hydrogen-bond donors (Lipinski definition) is 3. The van der Waals surface area contributed by atoms with Crippen LogP contribution < -0.4 is 10.0 Å². The zero-order chi connectivity index (χ0) is 24.1. The quantitative estimate of drug-likeness (QED) is 0.503. The summed E-state index contributed by atoms with van der Waals surface area (Å²) in [6, 6.07) is -0.0910. The van der Waals surface area contributed by atoms with E-state index in [1.165, 1.54) is 5.38 Å². The average Bonchev–Trinajstić information content (AvgIpc) is 3.33. The largest absolute Gasteiger partial charge is 0.511 e. The zero-order valence-corrected chi connectivity index (χ0v) is 21.1. The van der Waals surface area contributed by atoms with Crippen molar-refractivity contribution in [1.82, 2.24) is 9.62 Å². The number of anilines is 1. The maximum atomic E-state index is 13.5. The van der Waals surface area contributed by atoms with Crippen molar-refractivity contribution < 1.29 is 26.7 Å². The van der Waals surface area contributed by atoms with Crippen LogP contribution in [-0.2, 0) is 31.4 Å². The molecule has 3 aliphatic rings. The predicted molar refractivity (Wildman–Crippen MR) is 126 cm³/mol. The Morgan fingerprint density at radius 2 is 2.09 bits per heavy atom. The molecule has 0 spiro atoms. The lowest BCUT2D eigenvalue weighted by Gasteiger charge is -2.39. The van der Waals surface area contributed by atoms with Crippen molar-refractivity contribution in [2.75, 3.05) is 18.1 Å². The standard InChI is InChI=1S/C20H28N4O6S3/c1-11(2)7-8-24-14-6-4-5-13(14)16(25)15(20(24)26)18-22-19-17(33(29,30)23-18)12(10-31-19)9-21-32(3,27)28/h10-11,13-14,21,25H,4-9H2,1-3H3,(H,22,23). The van der Waals surface area contributed by atoms with E-state index in [-0.39, 0.29) is 51.1 Å². The third-order valence-corrected chi connectivity index (χ3v) is 9.34. The molecule has 0 aromatic carbocycles. The number of aliphatic hydroxyl groups excluding tert-OH is 1. The van der Waals surface area contributed by atoms with Gasteiger partial charge in [-0.15, -0.1) is 15.7 Å². The van der Waals surface area contributed by atoms with Crippen molar-refractivity contribution in [3.63, 3.8) is 0 Å². The zero-order valence-electron chi connectivity index (χ0n) is 18.7. The van der Waals surface area contributed by atoms with E-state index in [2.05, 4.69) is 28.3 Å². The minimum atomic E-state index is -4.22. The molecule has 2 aliphatic heterocycles. The minimum absolute atomic E-state index is 0.0910. The van der Waals surface area contributed by atoms with Crippen molar-refractivity contribution >= 4 is 48.1 Å².